The van der Waals surface area contributed by atoms with E-state index in [1.54, 1.807) is 0 Å². The van der Waals surface area contributed by atoms with Gasteiger partial charge in [0, 0.05) is 5.69 Å². The third-order valence-electron chi connectivity index (χ3n) is 3.63. The molecule has 1 aromatic rings. The lowest BCUT2D eigenvalue weighted by Crippen LogP contribution is -2.50. The van der Waals surface area contributed by atoms with E-state index in [4.69, 9.17) is 5.73 Å². The van der Waals surface area contributed by atoms with Crippen LogP contribution in [0.4, 0.5) is 5.69 Å². The summed E-state index contributed by atoms with van der Waals surface area (Å²) in [4.78, 5) is 6.64. The van der Waals surface area contributed by atoms with Gasteiger partial charge in [-0.25, -0.2) is 0 Å². The summed E-state index contributed by atoms with van der Waals surface area (Å²) in [6.07, 6.45) is 2.31. The second-order valence-corrected chi connectivity index (χ2v) is 5.77. The van der Waals surface area contributed by atoms with Crippen LogP contribution >= 0.6 is 0 Å². The summed E-state index contributed by atoms with van der Waals surface area (Å²) in [6.45, 7) is 7.57. The Balaban J connectivity index is 2.22. The van der Waals surface area contributed by atoms with E-state index in [9.17, 15) is 0 Å². The van der Waals surface area contributed by atoms with Crippen molar-refractivity contribution >= 4 is 11.6 Å². The predicted octanol–water partition coefficient (Wildman–Crippen LogP) is 3.02. The molecular weight excluding hydrogens is 222 g/mol. The van der Waals surface area contributed by atoms with Crippen molar-refractivity contribution in [2.45, 2.75) is 39.2 Å². The molecule has 1 atom stereocenters. The maximum absolute atomic E-state index is 6.07. The number of rotatable bonds is 4. The molecular formula is C15H23N3. The molecule has 0 radical (unpaired) electrons. The molecule has 98 valence electrons. The molecule has 3 heteroatoms. The maximum atomic E-state index is 6.07. The molecule has 18 heavy (non-hydrogen) atoms. The summed E-state index contributed by atoms with van der Waals surface area (Å²) >= 11 is 0. The zero-order valence-corrected chi connectivity index (χ0v) is 11.6. The van der Waals surface area contributed by atoms with Crippen molar-refractivity contribution in [2.24, 2.45) is 16.6 Å². The van der Waals surface area contributed by atoms with Gasteiger partial charge < -0.3 is 10.6 Å². The van der Waals surface area contributed by atoms with Crippen LogP contribution in [0, 0.1) is 5.92 Å². The van der Waals surface area contributed by atoms with Crippen LogP contribution in [0.2, 0.25) is 0 Å². The second kappa shape index (κ2) is 5.01. The highest BCUT2D eigenvalue weighted by Gasteiger charge is 2.38. The Morgan fingerprint density at radius 3 is 2.61 bits per heavy atom. The van der Waals surface area contributed by atoms with Gasteiger partial charge in [-0.05, 0) is 37.8 Å². The lowest BCUT2D eigenvalue weighted by atomic mass is 9.90. The molecule has 0 saturated heterocycles. The van der Waals surface area contributed by atoms with E-state index in [-0.39, 0.29) is 5.54 Å². The first-order valence-electron chi connectivity index (χ1n) is 6.68. The first-order valence-corrected chi connectivity index (χ1v) is 6.68. The van der Waals surface area contributed by atoms with Crippen LogP contribution < -0.4 is 10.6 Å². The molecule has 3 nitrogen and oxygen atoms in total. The molecule has 1 aromatic carbocycles. The van der Waals surface area contributed by atoms with Crippen molar-refractivity contribution in [1.29, 1.82) is 0 Å². The summed E-state index contributed by atoms with van der Waals surface area (Å²) in [5.74, 6) is 1.36. The number of guanidine groups is 1. The summed E-state index contributed by atoms with van der Waals surface area (Å²) in [5, 5.41) is 0. The standard InChI is InChI=1S/C15H23N3/c1-12(2)9-10-15(3)11-17-14(16)18(15)13-7-5-4-6-8-13/h4-8,12H,9-11H2,1-3H3,(H2,16,17). The van der Waals surface area contributed by atoms with Gasteiger partial charge in [0.1, 0.15) is 0 Å². The smallest absolute Gasteiger partial charge is 0.196 e. The summed E-state index contributed by atoms with van der Waals surface area (Å²) in [6, 6.07) is 10.3. The van der Waals surface area contributed by atoms with Crippen LogP contribution in [0.15, 0.2) is 35.3 Å². The minimum absolute atomic E-state index is 0.0235. The Bertz CT molecular complexity index is 425. The number of anilines is 1. The Hall–Kier alpha value is -1.51. The molecule has 2 rings (SSSR count). The van der Waals surface area contributed by atoms with Crippen LogP contribution in [0.3, 0.4) is 0 Å². The van der Waals surface area contributed by atoms with Gasteiger partial charge in [0.25, 0.3) is 0 Å². The van der Waals surface area contributed by atoms with E-state index in [0.717, 1.165) is 18.7 Å². The minimum Gasteiger partial charge on any atom is -0.369 e. The van der Waals surface area contributed by atoms with Crippen molar-refractivity contribution in [3.8, 4) is 0 Å². The van der Waals surface area contributed by atoms with E-state index in [1.165, 1.54) is 6.42 Å². The normalized spacial score (nSPS) is 23.6. The van der Waals surface area contributed by atoms with Gasteiger partial charge in [0.15, 0.2) is 5.96 Å². The summed E-state index contributed by atoms with van der Waals surface area (Å²) in [5.41, 5.74) is 7.23. The van der Waals surface area contributed by atoms with Crippen LogP contribution in [0.1, 0.15) is 33.6 Å². The minimum atomic E-state index is 0.0235. The number of benzene rings is 1. The van der Waals surface area contributed by atoms with E-state index >= 15 is 0 Å². The maximum Gasteiger partial charge on any atom is 0.196 e. The molecule has 1 aliphatic rings. The number of aliphatic imine (C=N–C) groups is 1. The van der Waals surface area contributed by atoms with Gasteiger partial charge in [-0.2, -0.15) is 0 Å². The van der Waals surface area contributed by atoms with E-state index in [1.807, 2.05) is 18.2 Å². The highest BCUT2D eigenvalue weighted by atomic mass is 15.4. The average molecular weight is 245 g/mol. The Morgan fingerprint density at radius 1 is 1.33 bits per heavy atom. The van der Waals surface area contributed by atoms with Crippen LogP contribution in [0.25, 0.3) is 0 Å². The fraction of sp³-hybridized carbons (Fsp3) is 0.533. The monoisotopic (exact) mass is 245 g/mol. The highest BCUT2D eigenvalue weighted by molar-refractivity contribution is 5.98. The lowest BCUT2D eigenvalue weighted by molar-refractivity contribution is 0.407. The zero-order valence-electron chi connectivity index (χ0n) is 11.6. The largest absolute Gasteiger partial charge is 0.369 e. The van der Waals surface area contributed by atoms with Crippen molar-refractivity contribution in [1.82, 2.24) is 0 Å². The average Bonchev–Trinajstić information content (AvgIpc) is 2.65. The first kappa shape index (κ1) is 12.9. The van der Waals surface area contributed by atoms with E-state index in [2.05, 4.69) is 42.8 Å². The van der Waals surface area contributed by atoms with Crippen LogP contribution in [-0.4, -0.2) is 18.0 Å². The molecule has 1 aliphatic heterocycles. The first-order chi connectivity index (χ1) is 8.53. The third kappa shape index (κ3) is 2.50. The molecule has 0 aromatic heterocycles. The molecule has 0 spiro atoms. The van der Waals surface area contributed by atoms with Crippen molar-refractivity contribution in [3.63, 3.8) is 0 Å². The summed E-state index contributed by atoms with van der Waals surface area (Å²) in [7, 11) is 0. The van der Waals surface area contributed by atoms with Crippen LogP contribution in [0.5, 0.6) is 0 Å². The number of para-hydroxylation sites is 1. The fourth-order valence-corrected chi connectivity index (χ4v) is 2.48. The topological polar surface area (TPSA) is 41.6 Å². The van der Waals surface area contributed by atoms with E-state index in [0.29, 0.717) is 11.9 Å². The molecule has 0 bridgehead atoms. The highest BCUT2D eigenvalue weighted by Crippen LogP contribution is 2.32. The van der Waals surface area contributed by atoms with Gasteiger partial charge in [0.05, 0.1) is 12.1 Å². The molecule has 2 N–H and O–H groups in total. The molecule has 1 heterocycles. The van der Waals surface area contributed by atoms with Gasteiger partial charge in [-0.3, -0.25) is 4.99 Å². The Kier molecular flexibility index (Phi) is 3.60. The predicted molar refractivity (Wildman–Crippen MR) is 77.9 cm³/mol. The van der Waals surface area contributed by atoms with Gasteiger partial charge in [0.2, 0.25) is 0 Å². The molecule has 1 unspecified atom stereocenters. The quantitative estimate of drug-likeness (QED) is 0.886. The molecule has 0 saturated carbocycles. The van der Waals surface area contributed by atoms with Crippen molar-refractivity contribution < 1.29 is 0 Å². The van der Waals surface area contributed by atoms with Crippen LogP contribution in [-0.2, 0) is 0 Å². The van der Waals surface area contributed by atoms with Gasteiger partial charge in [-0.1, -0.05) is 32.0 Å². The van der Waals surface area contributed by atoms with Crippen molar-refractivity contribution in [3.05, 3.63) is 30.3 Å². The molecule has 0 aliphatic carbocycles. The fourth-order valence-electron chi connectivity index (χ4n) is 2.48. The number of nitrogens with zero attached hydrogens (tertiary/aromatic N) is 2. The van der Waals surface area contributed by atoms with Gasteiger partial charge >= 0.3 is 0 Å². The number of nitrogens with two attached hydrogens (primary N) is 1. The number of hydrogen-bond donors (Lipinski definition) is 1. The van der Waals surface area contributed by atoms with Crippen molar-refractivity contribution in [2.75, 3.05) is 11.4 Å². The Morgan fingerprint density at radius 2 is 2.00 bits per heavy atom. The lowest BCUT2D eigenvalue weighted by Gasteiger charge is -2.36. The number of hydrogen-bond acceptors (Lipinski definition) is 3. The molecule has 0 amide bonds. The second-order valence-electron chi connectivity index (χ2n) is 5.77. The zero-order chi connectivity index (χ0) is 13.2. The molecule has 0 fully saturated rings. The third-order valence-corrected chi connectivity index (χ3v) is 3.63. The summed E-state index contributed by atoms with van der Waals surface area (Å²) < 4.78 is 0. The Labute approximate surface area is 110 Å². The SMILES string of the molecule is CC(C)CCC1(C)CN=C(N)N1c1ccccc1. The van der Waals surface area contributed by atoms with E-state index < -0.39 is 0 Å². The van der Waals surface area contributed by atoms with Gasteiger partial charge in [-0.15, -0.1) is 0 Å².